The maximum Gasteiger partial charge on any atom is 0.342 e. The standard InChI is InChI=1S/C21H24N2O6/c1-5-13(2)16-8-6-7-9-18(16)22-20(24)14(3)29-21(25)17-12-15(23(26)27)10-11-19(17)28-4/h6-14H,5H2,1-4H3,(H,22,24)/t13-,14+/m0/s1. The minimum Gasteiger partial charge on any atom is -0.496 e. The van der Waals surface area contributed by atoms with Crippen molar-refractivity contribution in [3.05, 3.63) is 63.7 Å². The summed E-state index contributed by atoms with van der Waals surface area (Å²) >= 11 is 0. The number of carbonyl (C=O) groups excluding carboxylic acids is 2. The van der Waals surface area contributed by atoms with E-state index in [9.17, 15) is 19.7 Å². The Morgan fingerprint density at radius 2 is 1.86 bits per heavy atom. The Balaban J connectivity index is 2.15. The number of hydrogen-bond acceptors (Lipinski definition) is 6. The number of anilines is 1. The first-order valence-electron chi connectivity index (χ1n) is 9.21. The quantitative estimate of drug-likeness (QED) is 0.402. The molecule has 29 heavy (non-hydrogen) atoms. The van der Waals surface area contributed by atoms with Crippen molar-refractivity contribution in [2.24, 2.45) is 0 Å². The Labute approximate surface area is 169 Å². The van der Waals surface area contributed by atoms with E-state index in [0.717, 1.165) is 18.1 Å². The number of para-hydroxylation sites is 1. The molecule has 8 heteroatoms. The van der Waals surface area contributed by atoms with Gasteiger partial charge in [0.15, 0.2) is 6.10 Å². The highest BCUT2D eigenvalue weighted by Gasteiger charge is 2.24. The zero-order chi connectivity index (χ0) is 21.6. The molecule has 0 unspecified atom stereocenters. The lowest BCUT2D eigenvalue weighted by atomic mass is 9.97. The van der Waals surface area contributed by atoms with Crippen LogP contribution in [0, 0.1) is 10.1 Å². The van der Waals surface area contributed by atoms with Gasteiger partial charge in [0.1, 0.15) is 11.3 Å². The average molecular weight is 400 g/mol. The second-order valence-corrected chi connectivity index (χ2v) is 6.58. The SMILES string of the molecule is CC[C@H](C)c1ccccc1NC(=O)[C@@H](C)OC(=O)c1cc([N+](=O)[O-])ccc1OC. The van der Waals surface area contributed by atoms with E-state index >= 15 is 0 Å². The fourth-order valence-corrected chi connectivity index (χ4v) is 2.74. The van der Waals surface area contributed by atoms with Gasteiger partial charge in [-0.1, -0.05) is 32.0 Å². The summed E-state index contributed by atoms with van der Waals surface area (Å²) in [6.45, 7) is 5.55. The van der Waals surface area contributed by atoms with Crippen molar-refractivity contribution < 1.29 is 24.0 Å². The Morgan fingerprint density at radius 1 is 1.17 bits per heavy atom. The first-order valence-corrected chi connectivity index (χ1v) is 9.21. The predicted molar refractivity (Wildman–Crippen MR) is 108 cm³/mol. The second kappa shape index (κ2) is 9.68. The molecule has 154 valence electrons. The van der Waals surface area contributed by atoms with Crippen LogP contribution < -0.4 is 10.1 Å². The zero-order valence-electron chi connectivity index (χ0n) is 16.8. The largest absolute Gasteiger partial charge is 0.496 e. The monoisotopic (exact) mass is 400 g/mol. The van der Waals surface area contributed by atoms with E-state index in [-0.39, 0.29) is 22.9 Å². The lowest BCUT2D eigenvalue weighted by molar-refractivity contribution is -0.384. The molecule has 0 radical (unpaired) electrons. The highest BCUT2D eigenvalue weighted by atomic mass is 16.6. The van der Waals surface area contributed by atoms with Crippen LogP contribution in [0.4, 0.5) is 11.4 Å². The third kappa shape index (κ3) is 5.31. The van der Waals surface area contributed by atoms with E-state index in [4.69, 9.17) is 9.47 Å². The number of amides is 1. The van der Waals surface area contributed by atoms with E-state index in [1.807, 2.05) is 18.2 Å². The van der Waals surface area contributed by atoms with Crippen molar-refractivity contribution in [1.82, 2.24) is 0 Å². The summed E-state index contributed by atoms with van der Waals surface area (Å²) in [7, 11) is 1.33. The fraction of sp³-hybridized carbons (Fsp3) is 0.333. The molecule has 0 fully saturated rings. The van der Waals surface area contributed by atoms with Crippen molar-refractivity contribution in [2.75, 3.05) is 12.4 Å². The number of non-ortho nitro benzene ring substituents is 1. The van der Waals surface area contributed by atoms with E-state index in [1.54, 1.807) is 6.07 Å². The molecule has 0 aliphatic carbocycles. The van der Waals surface area contributed by atoms with Crippen molar-refractivity contribution in [3.8, 4) is 5.75 Å². The number of esters is 1. The van der Waals surface area contributed by atoms with Gasteiger partial charge in [0, 0.05) is 17.8 Å². The van der Waals surface area contributed by atoms with E-state index < -0.39 is 22.9 Å². The van der Waals surface area contributed by atoms with Crippen LogP contribution in [-0.2, 0) is 9.53 Å². The number of hydrogen-bond donors (Lipinski definition) is 1. The van der Waals surface area contributed by atoms with Gasteiger partial charge in [0.25, 0.3) is 11.6 Å². The molecule has 2 atom stereocenters. The maximum atomic E-state index is 12.5. The third-order valence-corrected chi connectivity index (χ3v) is 4.63. The van der Waals surface area contributed by atoms with E-state index in [0.29, 0.717) is 5.69 Å². The summed E-state index contributed by atoms with van der Waals surface area (Å²) in [5.41, 5.74) is 1.24. The first-order chi connectivity index (χ1) is 13.8. The predicted octanol–water partition coefficient (Wildman–Crippen LogP) is 4.30. The van der Waals surface area contributed by atoms with Crippen LogP contribution in [0.15, 0.2) is 42.5 Å². The summed E-state index contributed by atoms with van der Waals surface area (Å²) in [5, 5.41) is 13.8. The van der Waals surface area contributed by atoms with Gasteiger partial charge in [-0.2, -0.15) is 0 Å². The van der Waals surface area contributed by atoms with Crippen molar-refractivity contribution in [1.29, 1.82) is 0 Å². The molecular formula is C21H24N2O6. The average Bonchev–Trinajstić information content (AvgIpc) is 2.72. The minimum atomic E-state index is -1.11. The van der Waals surface area contributed by atoms with Gasteiger partial charge in [0.2, 0.25) is 0 Å². The number of methoxy groups -OCH3 is 1. The van der Waals surface area contributed by atoms with Crippen molar-refractivity contribution in [3.63, 3.8) is 0 Å². The Hall–Kier alpha value is -3.42. The van der Waals surface area contributed by atoms with E-state index in [2.05, 4.69) is 19.2 Å². The van der Waals surface area contributed by atoms with Gasteiger partial charge in [-0.3, -0.25) is 14.9 Å². The smallest absolute Gasteiger partial charge is 0.342 e. The van der Waals surface area contributed by atoms with Gasteiger partial charge in [0.05, 0.1) is 12.0 Å². The maximum absolute atomic E-state index is 12.5. The summed E-state index contributed by atoms with van der Waals surface area (Å²) in [6.07, 6.45) is -0.208. The lowest BCUT2D eigenvalue weighted by Crippen LogP contribution is -2.30. The summed E-state index contributed by atoms with van der Waals surface area (Å²) < 4.78 is 10.3. The summed E-state index contributed by atoms with van der Waals surface area (Å²) in [4.78, 5) is 35.4. The molecule has 0 saturated carbocycles. The summed E-state index contributed by atoms with van der Waals surface area (Å²) in [6, 6.07) is 11.0. The van der Waals surface area contributed by atoms with Gasteiger partial charge in [-0.25, -0.2) is 4.79 Å². The first kappa shape index (κ1) is 21.9. The topological polar surface area (TPSA) is 108 Å². The van der Waals surface area contributed by atoms with Crippen LogP contribution in [0.1, 0.15) is 49.0 Å². The number of ether oxygens (including phenoxy) is 2. The van der Waals surface area contributed by atoms with Gasteiger partial charge in [-0.15, -0.1) is 0 Å². The number of carbonyl (C=O) groups is 2. The van der Waals surface area contributed by atoms with Gasteiger partial charge >= 0.3 is 5.97 Å². The number of nitro benzene ring substituents is 1. The third-order valence-electron chi connectivity index (χ3n) is 4.63. The lowest BCUT2D eigenvalue weighted by Gasteiger charge is -2.18. The zero-order valence-corrected chi connectivity index (χ0v) is 16.8. The summed E-state index contributed by atoms with van der Waals surface area (Å²) in [5.74, 6) is -1.02. The number of nitro groups is 1. The van der Waals surface area contributed by atoms with Crippen LogP contribution >= 0.6 is 0 Å². The van der Waals surface area contributed by atoms with E-state index in [1.165, 1.54) is 26.2 Å². The van der Waals surface area contributed by atoms with Gasteiger partial charge in [-0.05, 0) is 37.0 Å². The molecule has 0 aliphatic heterocycles. The van der Waals surface area contributed by atoms with Crippen molar-refractivity contribution >= 4 is 23.3 Å². The Bertz CT molecular complexity index is 912. The molecule has 0 aromatic heterocycles. The Kier molecular flexibility index (Phi) is 7.30. The number of nitrogens with zero attached hydrogens (tertiary/aromatic N) is 1. The molecule has 8 nitrogen and oxygen atoms in total. The minimum absolute atomic E-state index is 0.121. The van der Waals surface area contributed by atoms with Crippen LogP contribution in [0.5, 0.6) is 5.75 Å². The van der Waals surface area contributed by atoms with Crippen molar-refractivity contribution in [2.45, 2.75) is 39.2 Å². The highest BCUT2D eigenvalue weighted by Crippen LogP contribution is 2.27. The number of benzene rings is 2. The number of nitrogens with one attached hydrogen (secondary N) is 1. The molecule has 0 bridgehead atoms. The molecule has 1 amide bonds. The highest BCUT2D eigenvalue weighted by molar-refractivity contribution is 5.99. The number of rotatable bonds is 8. The molecule has 0 aliphatic rings. The van der Waals surface area contributed by atoms with Crippen LogP contribution in [0.3, 0.4) is 0 Å². The van der Waals surface area contributed by atoms with Crippen LogP contribution in [0.2, 0.25) is 0 Å². The molecule has 0 spiro atoms. The molecule has 2 rings (SSSR count). The normalized spacial score (nSPS) is 12.6. The fourth-order valence-electron chi connectivity index (χ4n) is 2.74. The molecule has 1 N–H and O–H groups in total. The molecule has 2 aromatic rings. The van der Waals surface area contributed by atoms with Gasteiger partial charge < -0.3 is 14.8 Å². The Morgan fingerprint density at radius 3 is 2.48 bits per heavy atom. The molecule has 2 aromatic carbocycles. The molecule has 0 saturated heterocycles. The van der Waals surface area contributed by atoms with Crippen LogP contribution in [0.25, 0.3) is 0 Å². The van der Waals surface area contributed by atoms with Crippen LogP contribution in [-0.4, -0.2) is 30.0 Å². The molecule has 0 heterocycles. The second-order valence-electron chi connectivity index (χ2n) is 6.58. The molecular weight excluding hydrogens is 376 g/mol.